The van der Waals surface area contributed by atoms with Crippen molar-refractivity contribution in [3.05, 3.63) is 83.1 Å². The van der Waals surface area contributed by atoms with Crippen LogP contribution in [0.1, 0.15) is 11.1 Å². The van der Waals surface area contributed by atoms with Crippen molar-refractivity contribution >= 4 is 35.0 Å². The third-order valence-corrected chi connectivity index (χ3v) is 5.84. The van der Waals surface area contributed by atoms with Gasteiger partial charge < -0.3 is 9.73 Å². The highest BCUT2D eigenvalue weighted by Crippen LogP contribution is 2.34. The molecule has 0 unspecified atom stereocenters. The van der Waals surface area contributed by atoms with Gasteiger partial charge in [0.25, 0.3) is 0 Å². The normalized spacial score (nSPS) is 11.5. The second kappa shape index (κ2) is 9.72. The molecule has 0 radical (unpaired) electrons. The Balaban J connectivity index is 1.51. The smallest absolute Gasteiger partial charge is 0.416 e. The Morgan fingerprint density at radius 1 is 1.09 bits per heavy atom. The Labute approximate surface area is 195 Å². The van der Waals surface area contributed by atoms with Gasteiger partial charge in [-0.25, -0.2) is 0 Å². The van der Waals surface area contributed by atoms with Crippen LogP contribution in [-0.4, -0.2) is 26.4 Å². The minimum atomic E-state index is -4.55. The molecule has 33 heavy (non-hydrogen) atoms. The van der Waals surface area contributed by atoms with E-state index >= 15 is 0 Å². The lowest BCUT2D eigenvalue weighted by molar-refractivity contribution is -0.137. The second-order valence-corrected chi connectivity index (χ2v) is 8.23. The van der Waals surface area contributed by atoms with Crippen LogP contribution in [-0.2, 0) is 17.5 Å². The standard InChI is InChI=1S/C22H16ClF3N4O2S/c23-16-9-8-15(22(24,25)26)11-17(16)27-19(31)13-33-21-29-28-20(18-7-4-10-32-18)30(21)12-14-5-2-1-3-6-14/h1-11H,12-13H2,(H,27,31). The van der Waals surface area contributed by atoms with Gasteiger partial charge in [-0.2, -0.15) is 13.2 Å². The average molecular weight is 493 g/mol. The Kier molecular flexibility index (Phi) is 6.75. The number of nitrogens with zero attached hydrogens (tertiary/aromatic N) is 3. The van der Waals surface area contributed by atoms with Crippen LogP contribution in [0, 0.1) is 0 Å². The van der Waals surface area contributed by atoms with E-state index in [0.717, 1.165) is 35.5 Å². The van der Waals surface area contributed by atoms with E-state index in [2.05, 4.69) is 15.5 Å². The number of alkyl halides is 3. The summed E-state index contributed by atoms with van der Waals surface area (Å²) < 4.78 is 46.1. The molecule has 0 saturated carbocycles. The van der Waals surface area contributed by atoms with Crippen molar-refractivity contribution in [2.24, 2.45) is 0 Å². The van der Waals surface area contributed by atoms with Gasteiger partial charge in [-0.1, -0.05) is 53.7 Å². The molecule has 0 bridgehead atoms. The van der Waals surface area contributed by atoms with Crippen molar-refractivity contribution in [1.82, 2.24) is 14.8 Å². The minimum Gasteiger partial charge on any atom is -0.461 e. The molecule has 11 heteroatoms. The second-order valence-electron chi connectivity index (χ2n) is 6.88. The summed E-state index contributed by atoms with van der Waals surface area (Å²) in [7, 11) is 0. The van der Waals surface area contributed by atoms with Crippen molar-refractivity contribution in [3.8, 4) is 11.6 Å². The minimum absolute atomic E-state index is 0.00806. The first-order chi connectivity index (χ1) is 15.8. The number of halogens is 4. The summed E-state index contributed by atoms with van der Waals surface area (Å²) in [6.07, 6.45) is -3.02. The number of benzene rings is 2. The molecule has 0 aliphatic carbocycles. The van der Waals surface area contributed by atoms with Crippen molar-refractivity contribution in [1.29, 1.82) is 0 Å². The van der Waals surface area contributed by atoms with Crippen LogP contribution in [0.2, 0.25) is 5.02 Å². The lowest BCUT2D eigenvalue weighted by atomic mass is 10.2. The molecule has 1 amide bonds. The van der Waals surface area contributed by atoms with Crippen LogP contribution in [0.25, 0.3) is 11.6 Å². The van der Waals surface area contributed by atoms with Gasteiger partial charge in [0.1, 0.15) is 0 Å². The highest BCUT2D eigenvalue weighted by atomic mass is 35.5. The number of amides is 1. The number of aromatic nitrogens is 3. The molecule has 2 aromatic carbocycles. The van der Waals surface area contributed by atoms with Crippen LogP contribution in [0.3, 0.4) is 0 Å². The molecule has 2 heterocycles. The molecule has 0 spiro atoms. The molecule has 2 aromatic heterocycles. The zero-order valence-corrected chi connectivity index (χ0v) is 18.4. The van der Waals surface area contributed by atoms with Crippen molar-refractivity contribution < 1.29 is 22.4 Å². The number of hydrogen-bond acceptors (Lipinski definition) is 5. The highest BCUT2D eigenvalue weighted by molar-refractivity contribution is 7.99. The number of anilines is 1. The molecule has 1 N–H and O–H groups in total. The molecular weight excluding hydrogens is 477 g/mol. The first-order valence-electron chi connectivity index (χ1n) is 9.61. The lowest BCUT2D eigenvalue weighted by Gasteiger charge is -2.12. The van der Waals surface area contributed by atoms with E-state index in [1.54, 1.807) is 12.1 Å². The third kappa shape index (κ3) is 5.58. The molecule has 0 aliphatic rings. The van der Waals surface area contributed by atoms with E-state index in [0.29, 0.717) is 23.3 Å². The Bertz CT molecular complexity index is 1240. The molecule has 0 aliphatic heterocycles. The number of hydrogen-bond donors (Lipinski definition) is 1. The van der Waals surface area contributed by atoms with Gasteiger partial charge >= 0.3 is 6.18 Å². The molecule has 0 atom stereocenters. The molecular formula is C22H16ClF3N4O2S. The third-order valence-electron chi connectivity index (χ3n) is 4.54. The maximum atomic E-state index is 13.0. The summed E-state index contributed by atoms with van der Waals surface area (Å²) in [5, 5.41) is 11.3. The Hall–Kier alpha value is -3.24. The summed E-state index contributed by atoms with van der Waals surface area (Å²) in [5.74, 6) is 0.366. The SMILES string of the molecule is O=C(CSc1nnc(-c2ccco2)n1Cc1ccccc1)Nc1cc(C(F)(F)F)ccc1Cl. The molecule has 4 rings (SSSR count). The van der Waals surface area contributed by atoms with Crippen molar-refractivity contribution in [3.63, 3.8) is 0 Å². The largest absolute Gasteiger partial charge is 0.461 e. The molecule has 6 nitrogen and oxygen atoms in total. The van der Waals surface area contributed by atoms with Crippen molar-refractivity contribution in [2.45, 2.75) is 17.9 Å². The predicted octanol–water partition coefficient (Wildman–Crippen LogP) is 5.99. The van der Waals surface area contributed by atoms with E-state index in [-0.39, 0.29) is 16.5 Å². The fourth-order valence-corrected chi connectivity index (χ4v) is 3.91. The fraction of sp³-hybridized carbons (Fsp3) is 0.136. The number of carbonyl (C=O) groups is 1. The average Bonchev–Trinajstić information content (AvgIpc) is 3.44. The van der Waals surface area contributed by atoms with E-state index in [9.17, 15) is 18.0 Å². The quantitative estimate of drug-likeness (QED) is 0.321. The first kappa shape index (κ1) is 22.9. The van der Waals surface area contributed by atoms with Gasteiger partial charge in [0.15, 0.2) is 10.9 Å². The summed E-state index contributed by atoms with van der Waals surface area (Å²) >= 11 is 7.06. The molecule has 0 fully saturated rings. The highest BCUT2D eigenvalue weighted by Gasteiger charge is 2.31. The first-order valence-corrected chi connectivity index (χ1v) is 11.0. The molecule has 0 saturated heterocycles. The maximum absolute atomic E-state index is 13.0. The summed E-state index contributed by atoms with van der Waals surface area (Å²) in [6, 6.07) is 15.9. The van der Waals surface area contributed by atoms with Gasteiger partial charge in [-0.15, -0.1) is 10.2 Å². The van der Waals surface area contributed by atoms with Crippen LogP contribution < -0.4 is 5.32 Å². The lowest BCUT2D eigenvalue weighted by Crippen LogP contribution is -2.16. The van der Waals surface area contributed by atoms with Gasteiger partial charge in [-0.05, 0) is 35.9 Å². The number of rotatable bonds is 7. The van der Waals surface area contributed by atoms with E-state index in [1.807, 2.05) is 34.9 Å². The van der Waals surface area contributed by atoms with E-state index < -0.39 is 17.6 Å². The zero-order chi connectivity index (χ0) is 23.4. The molecule has 4 aromatic rings. The Morgan fingerprint density at radius 3 is 2.58 bits per heavy atom. The van der Waals surface area contributed by atoms with E-state index in [4.69, 9.17) is 16.0 Å². The number of carbonyl (C=O) groups excluding carboxylic acids is 1. The van der Waals surface area contributed by atoms with E-state index in [1.165, 1.54) is 6.26 Å². The predicted molar refractivity (Wildman–Crippen MR) is 119 cm³/mol. The van der Waals surface area contributed by atoms with Gasteiger partial charge in [0.05, 0.1) is 34.8 Å². The summed E-state index contributed by atoms with van der Waals surface area (Å²) in [6.45, 7) is 0.438. The topological polar surface area (TPSA) is 73.0 Å². The molecule has 170 valence electrons. The summed E-state index contributed by atoms with van der Waals surface area (Å²) in [4.78, 5) is 12.5. The fourth-order valence-electron chi connectivity index (χ4n) is 3.01. The van der Waals surface area contributed by atoms with Crippen molar-refractivity contribution in [2.75, 3.05) is 11.1 Å². The van der Waals surface area contributed by atoms with Gasteiger partial charge in [0, 0.05) is 0 Å². The monoisotopic (exact) mass is 492 g/mol. The van der Waals surface area contributed by atoms with Gasteiger partial charge in [0.2, 0.25) is 11.7 Å². The van der Waals surface area contributed by atoms with Crippen LogP contribution in [0.4, 0.5) is 18.9 Å². The van der Waals surface area contributed by atoms with Gasteiger partial charge in [-0.3, -0.25) is 9.36 Å². The summed E-state index contributed by atoms with van der Waals surface area (Å²) in [5.41, 5.74) is -0.0215. The van der Waals surface area contributed by atoms with Crippen LogP contribution in [0.15, 0.2) is 76.5 Å². The zero-order valence-electron chi connectivity index (χ0n) is 16.8. The Morgan fingerprint density at radius 2 is 1.88 bits per heavy atom. The maximum Gasteiger partial charge on any atom is 0.416 e. The number of furan rings is 1. The van der Waals surface area contributed by atoms with Crippen LogP contribution >= 0.6 is 23.4 Å². The number of thioether (sulfide) groups is 1. The van der Waals surface area contributed by atoms with Crippen LogP contribution in [0.5, 0.6) is 0 Å². The number of nitrogens with one attached hydrogen (secondary N) is 1.